The van der Waals surface area contributed by atoms with E-state index in [2.05, 4.69) is 10.6 Å². The molecular formula is C21H24N2O4. The van der Waals surface area contributed by atoms with Gasteiger partial charge in [0.25, 0.3) is 0 Å². The van der Waals surface area contributed by atoms with Crippen LogP contribution in [0.2, 0.25) is 0 Å². The van der Waals surface area contributed by atoms with Crippen LogP contribution in [0.1, 0.15) is 37.9 Å². The quantitative estimate of drug-likeness (QED) is 0.841. The molecule has 2 aromatic rings. The Balaban J connectivity index is 1.69. The van der Waals surface area contributed by atoms with Crippen LogP contribution in [0.25, 0.3) is 0 Å². The highest BCUT2D eigenvalue weighted by atomic mass is 16.6. The van der Waals surface area contributed by atoms with Gasteiger partial charge in [0.2, 0.25) is 5.91 Å². The highest BCUT2D eigenvalue weighted by Gasteiger charge is 2.22. The molecule has 0 aromatic heterocycles. The third-order valence-corrected chi connectivity index (χ3v) is 4.01. The minimum absolute atomic E-state index is 0.0177. The Morgan fingerprint density at radius 3 is 2.63 bits per heavy atom. The van der Waals surface area contributed by atoms with Crippen molar-refractivity contribution in [3.8, 4) is 5.75 Å². The van der Waals surface area contributed by atoms with Crippen molar-refractivity contribution >= 4 is 17.7 Å². The molecule has 1 atom stereocenters. The molecule has 6 nitrogen and oxygen atoms in total. The average molecular weight is 368 g/mol. The Bertz CT molecular complexity index is 828. The number of nitrogens with one attached hydrogen (secondary N) is 2. The molecule has 0 unspecified atom stereocenters. The van der Waals surface area contributed by atoms with Crippen molar-refractivity contribution in [2.24, 2.45) is 0 Å². The molecule has 2 N–H and O–H groups in total. The van der Waals surface area contributed by atoms with E-state index in [0.717, 1.165) is 16.8 Å². The van der Waals surface area contributed by atoms with Crippen molar-refractivity contribution in [1.82, 2.24) is 5.32 Å². The van der Waals surface area contributed by atoms with Gasteiger partial charge in [0, 0.05) is 5.69 Å². The van der Waals surface area contributed by atoms with Crippen molar-refractivity contribution in [3.63, 3.8) is 0 Å². The number of amides is 2. The molecule has 6 heteroatoms. The van der Waals surface area contributed by atoms with Crippen LogP contribution < -0.4 is 15.4 Å². The van der Waals surface area contributed by atoms with Crippen LogP contribution in [0.5, 0.6) is 5.75 Å². The number of fused-ring (bicyclic) bond motifs is 1. The summed E-state index contributed by atoms with van der Waals surface area (Å²) in [6.45, 7) is 5.70. The molecule has 1 aliphatic rings. The molecule has 0 radical (unpaired) electrons. The number of benzene rings is 2. The lowest BCUT2D eigenvalue weighted by Gasteiger charge is -2.24. The second-order valence-electron chi connectivity index (χ2n) is 7.46. The zero-order valence-electron chi connectivity index (χ0n) is 15.7. The van der Waals surface area contributed by atoms with E-state index in [1.165, 1.54) is 0 Å². The number of hydrogen-bond donors (Lipinski definition) is 2. The maximum atomic E-state index is 12.2. The number of alkyl carbamates (subject to hydrolysis) is 1. The van der Waals surface area contributed by atoms with Gasteiger partial charge in [-0.2, -0.15) is 0 Å². The summed E-state index contributed by atoms with van der Waals surface area (Å²) < 4.78 is 11.3. The van der Waals surface area contributed by atoms with Crippen LogP contribution >= 0.6 is 0 Å². The van der Waals surface area contributed by atoms with E-state index in [0.29, 0.717) is 12.2 Å². The van der Waals surface area contributed by atoms with Crippen LogP contribution in [0.15, 0.2) is 48.5 Å². The van der Waals surface area contributed by atoms with Crippen LogP contribution in [0, 0.1) is 0 Å². The third kappa shape index (κ3) is 5.23. The summed E-state index contributed by atoms with van der Waals surface area (Å²) in [7, 11) is 0. The summed E-state index contributed by atoms with van der Waals surface area (Å²) in [5.74, 6) is 0.632. The summed E-state index contributed by atoms with van der Waals surface area (Å²) in [4.78, 5) is 23.7. The molecule has 1 aliphatic heterocycles. The summed E-state index contributed by atoms with van der Waals surface area (Å²) in [5, 5.41) is 5.66. The summed E-state index contributed by atoms with van der Waals surface area (Å²) in [5.41, 5.74) is 2.07. The number of rotatable bonds is 5. The van der Waals surface area contributed by atoms with Gasteiger partial charge in [-0.15, -0.1) is 0 Å². The maximum Gasteiger partial charge on any atom is 0.408 e. The average Bonchev–Trinajstić information content (AvgIpc) is 2.97. The molecular weight excluding hydrogens is 344 g/mol. The van der Waals surface area contributed by atoms with E-state index in [4.69, 9.17) is 9.47 Å². The molecule has 1 heterocycles. The monoisotopic (exact) mass is 368 g/mol. The van der Waals surface area contributed by atoms with Crippen LogP contribution in [-0.2, 0) is 16.0 Å². The Kier molecular flexibility index (Phi) is 5.35. The van der Waals surface area contributed by atoms with Gasteiger partial charge in [-0.25, -0.2) is 4.79 Å². The minimum atomic E-state index is -0.578. The Morgan fingerprint density at radius 1 is 1.19 bits per heavy atom. The molecule has 0 aliphatic carbocycles. The largest absolute Gasteiger partial charge is 0.491 e. The van der Waals surface area contributed by atoms with E-state index in [-0.39, 0.29) is 18.6 Å². The van der Waals surface area contributed by atoms with Gasteiger partial charge >= 0.3 is 6.09 Å². The van der Waals surface area contributed by atoms with E-state index in [9.17, 15) is 9.59 Å². The number of hydrogen-bond acceptors (Lipinski definition) is 4. The normalized spacial score (nSPS) is 14.1. The van der Waals surface area contributed by atoms with E-state index in [1.54, 1.807) is 6.07 Å². The predicted octanol–water partition coefficient (Wildman–Crippen LogP) is 3.83. The summed E-state index contributed by atoms with van der Waals surface area (Å²) in [6.07, 6.45) is -0.145. The first-order valence-electron chi connectivity index (χ1n) is 8.90. The van der Waals surface area contributed by atoms with Gasteiger partial charge in [0.1, 0.15) is 18.0 Å². The lowest BCUT2D eigenvalue weighted by atomic mass is 10.1. The maximum absolute atomic E-state index is 12.2. The van der Waals surface area contributed by atoms with Gasteiger partial charge in [0.15, 0.2) is 0 Å². The van der Waals surface area contributed by atoms with Crippen molar-refractivity contribution in [1.29, 1.82) is 0 Å². The summed E-state index contributed by atoms with van der Waals surface area (Å²) in [6, 6.07) is 14.7. The van der Waals surface area contributed by atoms with Crippen molar-refractivity contribution < 1.29 is 19.1 Å². The number of ether oxygens (including phenoxy) is 2. The fourth-order valence-corrected chi connectivity index (χ4v) is 2.83. The molecule has 0 spiro atoms. The van der Waals surface area contributed by atoms with E-state index < -0.39 is 11.7 Å². The second kappa shape index (κ2) is 7.70. The molecule has 2 aromatic carbocycles. The van der Waals surface area contributed by atoms with E-state index in [1.807, 2.05) is 63.2 Å². The molecule has 0 bridgehead atoms. The van der Waals surface area contributed by atoms with Crippen molar-refractivity contribution in [2.45, 2.75) is 38.8 Å². The first kappa shape index (κ1) is 18.8. The SMILES string of the molecule is CC(C)(C)OC(=O)N[C@@H](COc1ccc2c(c1)CC(=O)N2)c1ccccc1. The first-order chi connectivity index (χ1) is 12.8. The minimum Gasteiger partial charge on any atom is -0.491 e. The van der Waals surface area contributed by atoms with Gasteiger partial charge in [0.05, 0.1) is 12.5 Å². The van der Waals surface area contributed by atoms with Crippen molar-refractivity contribution in [2.75, 3.05) is 11.9 Å². The molecule has 142 valence electrons. The van der Waals surface area contributed by atoms with Gasteiger partial charge in [-0.3, -0.25) is 4.79 Å². The standard InChI is InChI=1S/C21H24N2O4/c1-21(2,3)27-20(25)23-18(14-7-5-4-6-8-14)13-26-16-9-10-17-15(11-16)12-19(24)22-17/h4-11,18H,12-13H2,1-3H3,(H,22,24)(H,23,25)/t18-/m0/s1. The van der Waals surface area contributed by atoms with Gasteiger partial charge < -0.3 is 20.1 Å². The van der Waals surface area contributed by atoms with Crippen LogP contribution in [-0.4, -0.2) is 24.2 Å². The Hall–Kier alpha value is -3.02. The second-order valence-corrected chi connectivity index (χ2v) is 7.46. The fourth-order valence-electron chi connectivity index (χ4n) is 2.83. The lowest BCUT2D eigenvalue weighted by molar-refractivity contribution is -0.115. The highest BCUT2D eigenvalue weighted by Crippen LogP contribution is 2.28. The lowest BCUT2D eigenvalue weighted by Crippen LogP contribution is -2.37. The molecule has 3 rings (SSSR count). The van der Waals surface area contributed by atoms with E-state index >= 15 is 0 Å². The van der Waals surface area contributed by atoms with Crippen molar-refractivity contribution in [3.05, 3.63) is 59.7 Å². The number of anilines is 1. The van der Waals surface area contributed by atoms with Gasteiger partial charge in [-0.05, 0) is 50.1 Å². The Morgan fingerprint density at radius 2 is 1.93 bits per heavy atom. The highest BCUT2D eigenvalue weighted by molar-refractivity contribution is 5.99. The zero-order chi connectivity index (χ0) is 19.4. The topological polar surface area (TPSA) is 76.7 Å². The van der Waals surface area contributed by atoms with Crippen LogP contribution in [0.4, 0.5) is 10.5 Å². The molecule has 27 heavy (non-hydrogen) atoms. The molecule has 0 fully saturated rings. The van der Waals surface area contributed by atoms with Crippen LogP contribution in [0.3, 0.4) is 0 Å². The van der Waals surface area contributed by atoms with Gasteiger partial charge in [-0.1, -0.05) is 30.3 Å². The predicted molar refractivity (Wildman–Crippen MR) is 103 cm³/mol. The molecule has 0 saturated carbocycles. The fraction of sp³-hybridized carbons (Fsp3) is 0.333. The summed E-state index contributed by atoms with van der Waals surface area (Å²) >= 11 is 0. The third-order valence-electron chi connectivity index (χ3n) is 4.01. The number of carbonyl (C=O) groups is 2. The zero-order valence-corrected chi connectivity index (χ0v) is 15.7. The number of carbonyl (C=O) groups excluding carboxylic acids is 2. The molecule has 0 saturated heterocycles. The molecule has 2 amide bonds. The Labute approximate surface area is 158 Å². The first-order valence-corrected chi connectivity index (χ1v) is 8.90. The smallest absolute Gasteiger partial charge is 0.408 e.